The largest absolute Gasteiger partial charge is 0.0587 e. The number of rotatable bonds is 1. The Balaban J connectivity index is 2.05. The number of hydrogen-bond acceptors (Lipinski definition) is 0. The summed E-state index contributed by atoms with van der Waals surface area (Å²) in [5.41, 5.74) is 6.60. The first-order valence-corrected chi connectivity index (χ1v) is 8.12. The molecule has 0 unspecified atom stereocenters. The van der Waals surface area contributed by atoms with Crippen LogP contribution in [0.2, 0.25) is 0 Å². The lowest BCUT2D eigenvalue weighted by Crippen LogP contribution is -1.88. The van der Waals surface area contributed by atoms with Gasteiger partial charge in [0, 0.05) is 0 Å². The van der Waals surface area contributed by atoms with Crippen molar-refractivity contribution in [1.82, 2.24) is 0 Å². The summed E-state index contributed by atoms with van der Waals surface area (Å²) in [5, 5.41) is 5.26. The fourth-order valence-corrected chi connectivity index (χ4v) is 3.45. The Morgan fingerprint density at radius 1 is 0.522 bits per heavy atom. The van der Waals surface area contributed by atoms with Crippen LogP contribution in [0.5, 0.6) is 0 Å². The summed E-state index contributed by atoms with van der Waals surface area (Å²) in [7, 11) is 0. The lowest BCUT2D eigenvalue weighted by molar-refractivity contribution is 1.46. The highest BCUT2D eigenvalue weighted by Gasteiger charge is 2.08. The van der Waals surface area contributed by atoms with Gasteiger partial charge in [0.25, 0.3) is 0 Å². The normalized spacial score (nSPS) is 11.3. The zero-order valence-corrected chi connectivity index (χ0v) is 13.9. The van der Waals surface area contributed by atoms with Gasteiger partial charge in [0.2, 0.25) is 0 Å². The standard InChI is InChI=1S/C23H20/c1-15-4-7-18-10-11-20(14-21(18)12-15)23-17(3)6-9-19-8-5-16(2)13-22(19)23/h4-14H,1-3H3. The highest BCUT2D eigenvalue weighted by molar-refractivity contribution is 6.00. The Labute approximate surface area is 137 Å². The molecule has 0 amide bonds. The van der Waals surface area contributed by atoms with Crippen LogP contribution in [0.15, 0.2) is 66.7 Å². The van der Waals surface area contributed by atoms with Gasteiger partial charge in [-0.1, -0.05) is 71.8 Å². The maximum absolute atomic E-state index is 2.33. The minimum atomic E-state index is 1.30. The van der Waals surface area contributed by atoms with Crippen LogP contribution in [0.1, 0.15) is 16.7 Å². The maximum Gasteiger partial charge on any atom is -0.00758 e. The topological polar surface area (TPSA) is 0 Å². The summed E-state index contributed by atoms with van der Waals surface area (Å²) >= 11 is 0. The van der Waals surface area contributed by atoms with E-state index in [4.69, 9.17) is 0 Å². The van der Waals surface area contributed by atoms with Crippen LogP contribution in [0.4, 0.5) is 0 Å². The highest BCUT2D eigenvalue weighted by atomic mass is 14.1. The van der Waals surface area contributed by atoms with Crippen LogP contribution >= 0.6 is 0 Å². The minimum Gasteiger partial charge on any atom is -0.0587 e. The van der Waals surface area contributed by atoms with Crippen LogP contribution in [0.25, 0.3) is 32.7 Å². The van der Waals surface area contributed by atoms with Gasteiger partial charge in [-0.2, -0.15) is 0 Å². The quantitative estimate of drug-likeness (QED) is 0.372. The van der Waals surface area contributed by atoms with Crippen LogP contribution in [-0.4, -0.2) is 0 Å². The Kier molecular flexibility index (Phi) is 3.20. The number of benzene rings is 4. The summed E-state index contributed by atoms with van der Waals surface area (Å²) < 4.78 is 0. The molecule has 0 bridgehead atoms. The number of hydrogen-bond donors (Lipinski definition) is 0. The zero-order chi connectivity index (χ0) is 16.0. The van der Waals surface area contributed by atoms with Crippen molar-refractivity contribution in [3.8, 4) is 11.1 Å². The third kappa shape index (κ3) is 2.41. The maximum atomic E-state index is 2.33. The molecule has 112 valence electrons. The van der Waals surface area contributed by atoms with Crippen LogP contribution < -0.4 is 0 Å². The van der Waals surface area contributed by atoms with E-state index in [1.54, 1.807) is 0 Å². The van der Waals surface area contributed by atoms with E-state index in [9.17, 15) is 0 Å². The number of fused-ring (bicyclic) bond motifs is 2. The van der Waals surface area contributed by atoms with E-state index < -0.39 is 0 Å². The van der Waals surface area contributed by atoms with Crippen LogP contribution in [0, 0.1) is 20.8 Å². The Bertz CT molecular complexity index is 1030. The van der Waals surface area contributed by atoms with Gasteiger partial charge in [-0.3, -0.25) is 0 Å². The lowest BCUT2D eigenvalue weighted by atomic mass is 9.91. The second-order valence-corrected chi connectivity index (χ2v) is 6.55. The number of aryl methyl sites for hydroxylation is 3. The molecule has 4 rings (SSSR count). The van der Waals surface area contributed by atoms with E-state index in [1.165, 1.54) is 49.4 Å². The average Bonchev–Trinajstić information content (AvgIpc) is 2.54. The molecular weight excluding hydrogens is 276 g/mol. The van der Waals surface area contributed by atoms with Gasteiger partial charge in [-0.15, -0.1) is 0 Å². The molecule has 4 aromatic rings. The molecule has 0 aliphatic rings. The van der Waals surface area contributed by atoms with Crippen molar-refractivity contribution in [3.63, 3.8) is 0 Å². The predicted molar refractivity (Wildman–Crippen MR) is 101 cm³/mol. The second kappa shape index (κ2) is 5.24. The fraction of sp³-hybridized carbons (Fsp3) is 0.130. The smallest absolute Gasteiger partial charge is 0.00758 e. The Hall–Kier alpha value is -2.60. The van der Waals surface area contributed by atoms with Gasteiger partial charge >= 0.3 is 0 Å². The molecule has 0 heterocycles. The van der Waals surface area contributed by atoms with Crippen molar-refractivity contribution in [1.29, 1.82) is 0 Å². The molecule has 23 heavy (non-hydrogen) atoms. The zero-order valence-electron chi connectivity index (χ0n) is 13.9. The first-order valence-electron chi connectivity index (χ1n) is 8.12. The van der Waals surface area contributed by atoms with Gasteiger partial charge in [0.1, 0.15) is 0 Å². The minimum absolute atomic E-state index is 1.30. The summed E-state index contributed by atoms with van der Waals surface area (Å²) in [5.74, 6) is 0. The van der Waals surface area contributed by atoms with E-state index in [1.807, 2.05) is 0 Å². The van der Waals surface area contributed by atoms with Crippen LogP contribution in [-0.2, 0) is 0 Å². The molecule has 0 heteroatoms. The molecule has 0 radical (unpaired) electrons. The molecule has 0 saturated heterocycles. The van der Waals surface area contributed by atoms with Gasteiger partial charge < -0.3 is 0 Å². The van der Waals surface area contributed by atoms with Crippen molar-refractivity contribution < 1.29 is 0 Å². The van der Waals surface area contributed by atoms with E-state index in [0.29, 0.717) is 0 Å². The Morgan fingerprint density at radius 2 is 1.17 bits per heavy atom. The summed E-state index contributed by atoms with van der Waals surface area (Å²) in [6, 6.07) is 24.6. The third-order valence-corrected chi connectivity index (χ3v) is 4.67. The first-order chi connectivity index (χ1) is 11.1. The van der Waals surface area contributed by atoms with Crippen molar-refractivity contribution in [3.05, 3.63) is 83.4 Å². The monoisotopic (exact) mass is 296 g/mol. The lowest BCUT2D eigenvalue weighted by Gasteiger charge is -2.13. The fourth-order valence-electron chi connectivity index (χ4n) is 3.45. The molecule has 0 aliphatic carbocycles. The van der Waals surface area contributed by atoms with Gasteiger partial charge in [0.15, 0.2) is 0 Å². The molecule has 0 N–H and O–H groups in total. The summed E-state index contributed by atoms with van der Waals surface area (Å²) in [6.45, 7) is 6.52. The van der Waals surface area contributed by atoms with Crippen molar-refractivity contribution in [2.24, 2.45) is 0 Å². The first kappa shape index (κ1) is 14.0. The van der Waals surface area contributed by atoms with Crippen molar-refractivity contribution in [2.75, 3.05) is 0 Å². The Morgan fingerprint density at radius 3 is 2.00 bits per heavy atom. The van der Waals surface area contributed by atoms with Gasteiger partial charge in [0.05, 0.1) is 0 Å². The molecule has 0 nitrogen and oxygen atoms in total. The van der Waals surface area contributed by atoms with E-state index in [0.717, 1.165) is 0 Å². The van der Waals surface area contributed by atoms with E-state index >= 15 is 0 Å². The summed E-state index contributed by atoms with van der Waals surface area (Å²) in [6.07, 6.45) is 0. The second-order valence-electron chi connectivity index (χ2n) is 6.55. The molecule has 4 aromatic carbocycles. The SMILES string of the molecule is Cc1ccc2ccc(-c3c(C)ccc4ccc(C)cc34)cc2c1. The molecule has 0 spiro atoms. The molecule has 0 fully saturated rings. The molecule has 0 aromatic heterocycles. The van der Waals surface area contributed by atoms with Gasteiger partial charge in [-0.05, 0) is 65.1 Å². The van der Waals surface area contributed by atoms with Crippen LogP contribution in [0.3, 0.4) is 0 Å². The van der Waals surface area contributed by atoms with Crippen molar-refractivity contribution >= 4 is 21.5 Å². The molecule has 0 aliphatic heterocycles. The molecular formula is C23H20. The van der Waals surface area contributed by atoms with E-state index in [-0.39, 0.29) is 0 Å². The van der Waals surface area contributed by atoms with Gasteiger partial charge in [-0.25, -0.2) is 0 Å². The predicted octanol–water partition coefficient (Wildman–Crippen LogP) is 6.59. The molecule has 0 saturated carbocycles. The molecule has 0 atom stereocenters. The highest BCUT2D eigenvalue weighted by Crippen LogP contribution is 2.34. The summed E-state index contributed by atoms with van der Waals surface area (Å²) in [4.78, 5) is 0. The van der Waals surface area contributed by atoms with E-state index in [2.05, 4.69) is 87.5 Å². The average molecular weight is 296 g/mol. The van der Waals surface area contributed by atoms with Crippen molar-refractivity contribution in [2.45, 2.75) is 20.8 Å². The third-order valence-electron chi connectivity index (χ3n) is 4.67.